The molecule has 0 saturated heterocycles. The molecule has 1 aromatic carbocycles. The highest BCUT2D eigenvalue weighted by Gasteiger charge is 2.18. The number of benzene rings is 1. The van der Waals surface area contributed by atoms with Crippen LogP contribution in [0.25, 0.3) is 0 Å². The van der Waals surface area contributed by atoms with E-state index in [0.29, 0.717) is 6.42 Å². The summed E-state index contributed by atoms with van der Waals surface area (Å²) in [5.74, 6) is 0. The summed E-state index contributed by atoms with van der Waals surface area (Å²) in [6.07, 6.45) is 1.86. The maximum Gasteiger partial charge on any atom is 0.0631 e. The van der Waals surface area contributed by atoms with Crippen LogP contribution in [0.1, 0.15) is 25.0 Å². The Morgan fingerprint density at radius 2 is 2.13 bits per heavy atom. The fourth-order valence-corrected chi connectivity index (χ4v) is 2.19. The van der Waals surface area contributed by atoms with E-state index in [2.05, 4.69) is 30.1 Å². The molecular formula is C13H19NO. The van der Waals surface area contributed by atoms with Gasteiger partial charge in [-0.3, -0.25) is 0 Å². The van der Waals surface area contributed by atoms with Crippen molar-refractivity contribution >= 4 is 5.69 Å². The average molecular weight is 205 g/mol. The lowest BCUT2D eigenvalue weighted by Crippen LogP contribution is -2.22. The fourth-order valence-electron chi connectivity index (χ4n) is 2.19. The second-order valence-corrected chi connectivity index (χ2v) is 5.12. The van der Waals surface area contributed by atoms with Crippen molar-refractivity contribution in [1.82, 2.24) is 0 Å². The molecule has 1 aromatic rings. The summed E-state index contributed by atoms with van der Waals surface area (Å²) in [6.45, 7) is 4.81. The summed E-state index contributed by atoms with van der Waals surface area (Å²) in [5, 5.41) is 9.77. The molecule has 1 aliphatic heterocycles. The second-order valence-electron chi connectivity index (χ2n) is 5.12. The van der Waals surface area contributed by atoms with Gasteiger partial charge in [-0.05, 0) is 37.5 Å². The minimum absolute atomic E-state index is 0.620. The molecule has 0 bridgehead atoms. The van der Waals surface area contributed by atoms with E-state index in [1.165, 1.54) is 16.8 Å². The van der Waals surface area contributed by atoms with Gasteiger partial charge in [0.25, 0.3) is 0 Å². The molecule has 0 saturated carbocycles. The van der Waals surface area contributed by atoms with E-state index in [0.717, 1.165) is 13.0 Å². The third kappa shape index (κ3) is 2.32. The molecule has 0 atom stereocenters. The summed E-state index contributed by atoms with van der Waals surface area (Å²) >= 11 is 0. The van der Waals surface area contributed by atoms with E-state index in [-0.39, 0.29) is 0 Å². The third-order valence-corrected chi connectivity index (χ3v) is 2.91. The molecule has 0 amide bonds. The van der Waals surface area contributed by atoms with Crippen molar-refractivity contribution in [2.45, 2.75) is 32.3 Å². The van der Waals surface area contributed by atoms with Gasteiger partial charge in [0.1, 0.15) is 0 Å². The van der Waals surface area contributed by atoms with Gasteiger partial charge in [0.15, 0.2) is 0 Å². The first-order valence-electron chi connectivity index (χ1n) is 5.51. The molecule has 2 nitrogen and oxygen atoms in total. The summed E-state index contributed by atoms with van der Waals surface area (Å²) in [4.78, 5) is 2.28. The van der Waals surface area contributed by atoms with Gasteiger partial charge >= 0.3 is 0 Å². The monoisotopic (exact) mass is 205 g/mol. The highest BCUT2D eigenvalue weighted by atomic mass is 16.3. The van der Waals surface area contributed by atoms with Crippen molar-refractivity contribution in [3.63, 3.8) is 0 Å². The van der Waals surface area contributed by atoms with Crippen molar-refractivity contribution in [3.8, 4) is 0 Å². The van der Waals surface area contributed by atoms with Gasteiger partial charge in [0.05, 0.1) is 5.60 Å². The zero-order valence-corrected chi connectivity index (χ0v) is 9.75. The maximum absolute atomic E-state index is 9.77. The van der Waals surface area contributed by atoms with Gasteiger partial charge in [0, 0.05) is 25.7 Å². The summed E-state index contributed by atoms with van der Waals surface area (Å²) in [7, 11) is 2.12. The molecule has 82 valence electrons. The predicted octanol–water partition coefficient (Wildman–Crippen LogP) is 1.99. The quantitative estimate of drug-likeness (QED) is 0.798. The van der Waals surface area contributed by atoms with Gasteiger partial charge in [-0.25, -0.2) is 0 Å². The second kappa shape index (κ2) is 3.53. The standard InChI is InChI=1S/C13H19NO/c1-13(2,15)9-10-4-5-11-6-7-14(3)12(11)8-10/h4-5,8,15H,6-7,9H2,1-3H3. The van der Waals surface area contributed by atoms with Gasteiger partial charge in [-0.15, -0.1) is 0 Å². The van der Waals surface area contributed by atoms with E-state index >= 15 is 0 Å². The summed E-state index contributed by atoms with van der Waals surface area (Å²) in [5.41, 5.74) is 3.36. The van der Waals surface area contributed by atoms with E-state index in [1.54, 1.807) is 0 Å². The molecule has 1 aliphatic rings. The highest BCUT2D eigenvalue weighted by Crippen LogP contribution is 2.28. The number of hydrogen-bond acceptors (Lipinski definition) is 2. The first-order valence-corrected chi connectivity index (χ1v) is 5.51. The largest absolute Gasteiger partial charge is 0.390 e. The predicted molar refractivity (Wildman–Crippen MR) is 63.4 cm³/mol. The van der Waals surface area contributed by atoms with Crippen LogP contribution in [0.2, 0.25) is 0 Å². The van der Waals surface area contributed by atoms with Crippen LogP contribution in [0.5, 0.6) is 0 Å². The highest BCUT2D eigenvalue weighted by molar-refractivity contribution is 5.59. The van der Waals surface area contributed by atoms with Crippen LogP contribution in [-0.4, -0.2) is 24.3 Å². The van der Waals surface area contributed by atoms with Gasteiger partial charge < -0.3 is 10.0 Å². The number of rotatable bonds is 2. The molecule has 0 unspecified atom stereocenters. The zero-order chi connectivity index (χ0) is 11.1. The van der Waals surface area contributed by atoms with Gasteiger partial charge in [-0.1, -0.05) is 12.1 Å². The molecule has 0 spiro atoms. The Bertz CT molecular complexity index is 365. The van der Waals surface area contributed by atoms with Crippen LogP contribution in [0, 0.1) is 0 Å². The van der Waals surface area contributed by atoms with Crippen LogP contribution in [0.4, 0.5) is 5.69 Å². The van der Waals surface area contributed by atoms with Crippen molar-refractivity contribution < 1.29 is 5.11 Å². The Morgan fingerprint density at radius 1 is 1.40 bits per heavy atom. The van der Waals surface area contributed by atoms with Crippen LogP contribution in [0.15, 0.2) is 18.2 Å². The first-order chi connectivity index (χ1) is 6.96. The van der Waals surface area contributed by atoms with Crippen molar-refractivity contribution in [3.05, 3.63) is 29.3 Å². The molecule has 2 heteroatoms. The van der Waals surface area contributed by atoms with Gasteiger partial charge in [0.2, 0.25) is 0 Å². The van der Waals surface area contributed by atoms with Crippen LogP contribution >= 0.6 is 0 Å². The fraction of sp³-hybridized carbons (Fsp3) is 0.538. The SMILES string of the molecule is CN1CCc2ccc(CC(C)(C)O)cc21. The minimum Gasteiger partial charge on any atom is -0.390 e. The minimum atomic E-state index is -0.620. The number of anilines is 1. The van der Waals surface area contributed by atoms with Crippen LogP contribution < -0.4 is 4.90 Å². The molecule has 1 heterocycles. The number of likely N-dealkylation sites (N-methyl/N-ethyl adjacent to an activating group) is 1. The van der Waals surface area contributed by atoms with Crippen molar-refractivity contribution in [1.29, 1.82) is 0 Å². The van der Waals surface area contributed by atoms with Crippen LogP contribution in [-0.2, 0) is 12.8 Å². The Morgan fingerprint density at radius 3 is 2.80 bits per heavy atom. The molecule has 0 radical (unpaired) electrons. The Labute approximate surface area is 91.5 Å². The number of fused-ring (bicyclic) bond motifs is 1. The number of aliphatic hydroxyl groups is 1. The summed E-state index contributed by atoms with van der Waals surface area (Å²) in [6, 6.07) is 6.54. The maximum atomic E-state index is 9.77. The lowest BCUT2D eigenvalue weighted by Gasteiger charge is -2.19. The first kappa shape index (κ1) is 10.5. The Hall–Kier alpha value is -1.02. The lowest BCUT2D eigenvalue weighted by atomic mass is 9.97. The topological polar surface area (TPSA) is 23.5 Å². The third-order valence-electron chi connectivity index (χ3n) is 2.91. The number of nitrogens with zero attached hydrogens (tertiary/aromatic N) is 1. The Kier molecular flexibility index (Phi) is 2.47. The number of hydrogen-bond donors (Lipinski definition) is 1. The molecule has 15 heavy (non-hydrogen) atoms. The van der Waals surface area contributed by atoms with Crippen molar-refractivity contribution in [2.24, 2.45) is 0 Å². The molecule has 0 aliphatic carbocycles. The normalized spacial score (nSPS) is 15.6. The van der Waals surface area contributed by atoms with E-state index in [9.17, 15) is 5.11 Å². The van der Waals surface area contributed by atoms with E-state index in [1.807, 2.05) is 13.8 Å². The molecule has 2 rings (SSSR count). The smallest absolute Gasteiger partial charge is 0.0631 e. The molecular weight excluding hydrogens is 186 g/mol. The average Bonchev–Trinajstić information content (AvgIpc) is 2.45. The van der Waals surface area contributed by atoms with E-state index in [4.69, 9.17) is 0 Å². The zero-order valence-electron chi connectivity index (χ0n) is 9.75. The van der Waals surface area contributed by atoms with Gasteiger partial charge in [-0.2, -0.15) is 0 Å². The van der Waals surface area contributed by atoms with Crippen molar-refractivity contribution in [2.75, 3.05) is 18.5 Å². The lowest BCUT2D eigenvalue weighted by molar-refractivity contribution is 0.0810. The Balaban J connectivity index is 2.26. The molecule has 0 fully saturated rings. The molecule has 0 aromatic heterocycles. The van der Waals surface area contributed by atoms with Crippen LogP contribution in [0.3, 0.4) is 0 Å². The summed E-state index contributed by atoms with van der Waals surface area (Å²) < 4.78 is 0. The molecule has 1 N–H and O–H groups in total. The van der Waals surface area contributed by atoms with E-state index < -0.39 is 5.60 Å².